The molecule has 0 spiro atoms. The number of aryl methyl sites for hydroxylation is 2. The lowest BCUT2D eigenvalue weighted by Crippen LogP contribution is -2.48. The molecule has 1 aliphatic rings. The molecule has 1 fully saturated rings. The van der Waals surface area contributed by atoms with Gasteiger partial charge in [-0.25, -0.2) is 0 Å². The van der Waals surface area contributed by atoms with Gasteiger partial charge in [-0.2, -0.15) is 0 Å². The van der Waals surface area contributed by atoms with Gasteiger partial charge in [0.25, 0.3) is 0 Å². The number of ether oxygens (including phenoxy) is 1. The lowest BCUT2D eigenvalue weighted by atomic mass is 10.1. The zero-order chi connectivity index (χ0) is 17.5. The molecule has 0 aromatic carbocycles. The highest BCUT2D eigenvalue weighted by molar-refractivity contribution is 7.80. The minimum Gasteiger partial charge on any atom is -0.376 e. The fraction of sp³-hybridized carbons (Fsp3) is 0.562. The van der Waals surface area contributed by atoms with Gasteiger partial charge in [0.1, 0.15) is 0 Å². The van der Waals surface area contributed by atoms with Crippen LogP contribution in [0, 0.1) is 13.8 Å². The van der Waals surface area contributed by atoms with Crippen molar-refractivity contribution in [1.82, 2.24) is 16.2 Å². The van der Waals surface area contributed by atoms with Crippen LogP contribution in [-0.2, 0) is 9.53 Å². The number of carbonyl (C=O) groups is 2. The van der Waals surface area contributed by atoms with Crippen LogP contribution < -0.4 is 16.2 Å². The van der Waals surface area contributed by atoms with Crippen molar-refractivity contribution in [3.8, 4) is 0 Å². The van der Waals surface area contributed by atoms with Gasteiger partial charge in [0.15, 0.2) is 10.9 Å². The lowest BCUT2D eigenvalue weighted by Gasteiger charge is -2.14. The van der Waals surface area contributed by atoms with Crippen molar-refractivity contribution in [1.29, 1.82) is 0 Å². The zero-order valence-corrected chi connectivity index (χ0v) is 15.6. The smallest absolute Gasteiger partial charge is 0.238 e. The SMILES string of the molecule is Cc1cc(C(=O)CCC(=O)NNC(=S)NCC2CCCO2)c(C)s1. The largest absolute Gasteiger partial charge is 0.376 e. The number of amides is 1. The van der Waals surface area contributed by atoms with Gasteiger partial charge in [-0.3, -0.25) is 20.4 Å². The van der Waals surface area contributed by atoms with Crippen molar-refractivity contribution < 1.29 is 14.3 Å². The molecule has 1 amide bonds. The van der Waals surface area contributed by atoms with Crippen molar-refractivity contribution in [2.75, 3.05) is 13.2 Å². The first kappa shape index (κ1) is 18.8. The number of rotatable bonds is 6. The summed E-state index contributed by atoms with van der Waals surface area (Å²) < 4.78 is 5.47. The average molecular weight is 370 g/mol. The molecule has 2 heterocycles. The van der Waals surface area contributed by atoms with Crippen molar-refractivity contribution in [3.05, 3.63) is 21.4 Å². The van der Waals surface area contributed by atoms with E-state index in [4.69, 9.17) is 17.0 Å². The van der Waals surface area contributed by atoms with Crippen LogP contribution in [-0.4, -0.2) is 36.1 Å². The molecule has 1 saturated heterocycles. The summed E-state index contributed by atoms with van der Waals surface area (Å²) in [6.07, 6.45) is 2.57. The van der Waals surface area contributed by atoms with Crippen molar-refractivity contribution in [3.63, 3.8) is 0 Å². The Hall–Kier alpha value is -1.51. The number of thiophene rings is 1. The maximum absolute atomic E-state index is 12.1. The highest BCUT2D eigenvalue weighted by Crippen LogP contribution is 2.22. The molecule has 0 radical (unpaired) electrons. The molecule has 2 rings (SSSR count). The zero-order valence-electron chi connectivity index (χ0n) is 13.9. The van der Waals surface area contributed by atoms with Crippen LogP contribution in [0.2, 0.25) is 0 Å². The first-order chi connectivity index (χ1) is 11.5. The average Bonchev–Trinajstić information content (AvgIpc) is 3.17. The molecular weight excluding hydrogens is 346 g/mol. The summed E-state index contributed by atoms with van der Waals surface area (Å²) in [5.74, 6) is -0.277. The number of hydrazine groups is 1. The quantitative estimate of drug-likeness (QED) is 0.404. The van der Waals surface area contributed by atoms with Gasteiger partial charge >= 0.3 is 0 Å². The molecule has 0 saturated carbocycles. The fourth-order valence-electron chi connectivity index (χ4n) is 2.51. The second-order valence-corrected chi connectivity index (χ2v) is 7.64. The summed E-state index contributed by atoms with van der Waals surface area (Å²) in [5.41, 5.74) is 5.86. The van der Waals surface area contributed by atoms with Crippen molar-refractivity contribution >= 4 is 40.4 Å². The summed E-state index contributed by atoms with van der Waals surface area (Å²) in [6, 6.07) is 1.88. The first-order valence-corrected chi connectivity index (χ1v) is 9.22. The minimum atomic E-state index is -0.269. The van der Waals surface area contributed by atoms with E-state index >= 15 is 0 Å². The molecular formula is C16H23N3O3S2. The predicted octanol–water partition coefficient (Wildman–Crippen LogP) is 2.00. The molecule has 132 valence electrons. The number of thiocarbonyl (C=S) groups is 1. The van der Waals surface area contributed by atoms with Crippen LogP contribution >= 0.6 is 23.6 Å². The molecule has 6 nitrogen and oxygen atoms in total. The fourth-order valence-corrected chi connectivity index (χ4v) is 3.59. The third-order valence-electron chi connectivity index (χ3n) is 3.75. The molecule has 0 aliphatic carbocycles. The van der Waals surface area contributed by atoms with Crippen LogP contribution in [0.1, 0.15) is 45.8 Å². The maximum Gasteiger partial charge on any atom is 0.238 e. The Morgan fingerprint density at radius 2 is 2.12 bits per heavy atom. The molecule has 0 bridgehead atoms. The van der Waals surface area contributed by atoms with Crippen LogP contribution in [0.5, 0.6) is 0 Å². The molecule has 8 heteroatoms. The molecule has 1 atom stereocenters. The predicted molar refractivity (Wildman–Crippen MR) is 98.2 cm³/mol. The third kappa shape index (κ3) is 5.85. The van der Waals surface area contributed by atoms with Gasteiger partial charge in [0.2, 0.25) is 5.91 Å². The molecule has 1 unspecified atom stereocenters. The Labute approximate surface area is 151 Å². The molecule has 3 N–H and O–H groups in total. The Bertz CT molecular complexity index is 610. The van der Waals surface area contributed by atoms with E-state index in [0.717, 1.165) is 29.2 Å². The van der Waals surface area contributed by atoms with Crippen LogP contribution in [0.15, 0.2) is 6.07 Å². The van der Waals surface area contributed by atoms with E-state index in [9.17, 15) is 9.59 Å². The van der Waals surface area contributed by atoms with Gasteiger partial charge in [-0.15, -0.1) is 11.3 Å². The van der Waals surface area contributed by atoms with E-state index in [1.54, 1.807) is 11.3 Å². The summed E-state index contributed by atoms with van der Waals surface area (Å²) in [4.78, 5) is 26.0. The Kier molecular flexibility index (Phi) is 7.14. The monoisotopic (exact) mass is 369 g/mol. The maximum atomic E-state index is 12.1. The molecule has 24 heavy (non-hydrogen) atoms. The number of nitrogens with one attached hydrogen (secondary N) is 3. The summed E-state index contributed by atoms with van der Waals surface area (Å²) in [5, 5.41) is 3.34. The third-order valence-corrected chi connectivity index (χ3v) is 4.96. The number of carbonyl (C=O) groups excluding carboxylic acids is 2. The van der Waals surface area contributed by atoms with Crippen LogP contribution in [0.4, 0.5) is 0 Å². The van der Waals surface area contributed by atoms with Crippen molar-refractivity contribution in [2.45, 2.75) is 45.6 Å². The Balaban J connectivity index is 1.63. The number of hydrogen-bond acceptors (Lipinski definition) is 5. The van der Waals surface area contributed by atoms with Crippen molar-refractivity contribution in [2.24, 2.45) is 0 Å². The van der Waals surface area contributed by atoms with E-state index in [2.05, 4.69) is 16.2 Å². The standard InChI is InChI=1S/C16H23N3O3S2/c1-10-8-13(11(2)24-10)14(20)5-6-15(21)18-19-16(23)17-9-12-4-3-7-22-12/h8,12H,3-7,9H2,1-2H3,(H,18,21)(H2,17,19,23). The summed E-state index contributed by atoms with van der Waals surface area (Å²) in [7, 11) is 0. The van der Waals surface area contributed by atoms with Gasteiger partial charge in [0.05, 0.1) is 6.10 Å². The highest BCUT2D eigenvalue weighted by Gasteiger charge is 2.16. The second-order valence-electron chi connectivity index (χ2n) is 5.77. The Morgan fingerprint density at radius 1 is 1.33 bits per heavy atom. The highest BCUT2D eigenvalue weighted by atomic mass is 32.1. The number of hydrogen-bond donors (Lipinski definition) is 3. The van der Waals surface area contributed by atoms with Gasteiger partial charge in [-0.1, -0.05) is 0 Å². The topological polar surface area (TPSA) is 79.5 Å². The van der Waals surface area contributed by atoms with Gasteiger partial charge in [-0.05, 0) is 45.0 Å². The summed E-state index contributed by atoms with van der Waals surface area (Å²) in [6.45, 7) is 5.30. The molecule has 1 aromatic rings. The number of Topliss-reactive ketones (excluding diaryl/α,β-unsaturated/α-hetero) is 1. The van der Waals surface area contributed by atoms with Gasteiger partial charge < -0.3 is 10.1 Å². The van der Waals surface area contributed by atoms with E-state index in [1.807, 2.05) is 19.9 Å². The van der Waals surface area contributed by atoms with E-state index < -0.39 is 0 Å². The van der Waals surface area contributed by atoms with Gasteiger partial charge in [0, 0.05) is 41.3 Å². The normalized spacial score (nSPS) is 16.7. The summed E-state index contributed by atoms with van der Waals surface area (Å²) >= 11 is 6.67. The van der Waals surface area contributed by atoms with E-state index in [-0.39, 0.29) is 30.6 Å². The van der Waals surface area contributed by atoms with Crippen LogP contribution in [0.3, 0.4) is 0 Å². The first-order valence-electron chi connectivity index (χ1n) is 8.00. The van der Waals surface area contributed by atoms with E-state index in [1.165, 1.54) is 0 Å². The molecule has 1 aromatic heterocycles. The molecule has 1 aliphatic heterocycles. The lowest BCUT2D eigenvalue weighted by molar-refractivity contribution is -0.121. The Morgan fingerprint density at radius 3 is 2.75 bits per heavy atom. The van der Waals surface area contributed by atoms with Crippen LogP contribution in [0.25, 0.3) is 0 Å². The second kappa shape index (κ2) is 9.10. The number of ketones is 1. The minimum absolute atomic E-state index is 0.00826. The van der Waals surface area contributed by atoms with E-state index in [0.29, 0.717) is 17.2 Å².